The van der Waals surface area contributed by atoms with Crippen LogP contribution in [0.5, 0.6) is 0 Å². The van der Waals surface area contributed by atoms with Crippen molar-refractivity contribution in [2.45, 2.75) is 6.54 Å². The van der Waals surface area contributed by atoms with Gasteiger partial charge in [0.15, 0.2) is 0 Å². The van der Waals surface area contributed by atoms with Gasteiger partial charge in [0.05, 0.1) is 17.2 Å². The number of carbonyl (C=O) groups excluding carboxylic acids is 1. The average molecular weight is 354 g/mol. The van der Waals surface area contributed by atoms with Gasteiger partial charge in [-0.1, -0.05) is 35.9 Å². The zero-order valence-corrected chi connectivity index (χ0v) is 14.2. The van der Waals surface area contributed by atoms with Crippen LogP contribution in [0.15, 0.2) is 72.3 Å². The van der Waals surface area contributed by atoms with Crippen LogP contribution in [0.1, 0.15) is 0 Å². The van der Waals surface area contributed by atoms with Crippen LogP contribution in [0.25, 0.3) is 10.9 Å². The number of halogens is 1. The van der Waals surface area contributed by atoms with Crippen LogP contribution in [-0.4, -0.2) is 22.0 Å². The fourth-order valence-electron chi connectivity index (χ4n) is 2.56. The van der Waals surface area contributed by atoms with Gasteiger partial charge in [0.1, 0.15) is 6.54 Å². The van der Waals surface area contributed by atoms with E-state index < -0.39 is 0 Å². The normalized spacial score (nSPS) is 10.6. The van der Waals surface area contributed by atoms with E-state index in [1.807, 2.05) is 30.3 Å². The van der Waals surface area contributed by atoms with Crippen LogP contribution in [0.4, 0.5) is 5.69 Å². The molecule has 0 atom stereocenters. The van der Waals surface area contributed by atoms with Crippen molar-refractivity contribution in [2.75, 3.05) is 11.4 Å². The van der Waals surface area contributed by atoms with Gasteiger partial charge < -0.3 is 4.90 Å². The van der Waals surface area contributed by atoms with Gasteiger partial charge in [-0.15, -0.1) is 6.58 Å². The maximum Gasteiger partial charge on any atom is 0.261 e. The van der Waals surface area contributed by atoms with Crippen LogP contribution < -0.4 is 10.5 Å². The second-order valence-corrected chi connectivity index (χ2v) is 5.90. The Labute approximate surface area is 149 Å². The summed E-state index contributed by atoms with van der Waals surface area (Å²) in [6.07, 6.45) is 3.03. The number of rotatable bonds is 5. The highest BCUT2D eigenvalue weighted by Crippen LogP contribution is 2.15. The summed E-state index contributed by atoms with van der Waals surface area (Å²) in [6, 6.07) is 14.2. The van der Waals surface area contributed by atoms with E-state index in [4.69, 9.17) is 11.6 Å². The number of hydrogen-bond acceptors (Lipinski definition) is 3. The van der Waals surface area contributed by atoms with Gasteiger partial charge in [-0.25, -0.2) is 4.98 Å². The lowest BCUT2D eigenvalue weighted by Crippen LogP contribution is -2.36. The molecule has 3 rings (SSSR count). The zero-order valence-electron chi connectivity index (χ0n) is 13.4. The van der Waals surface area contributed by atoms with Crippen molar-refractivity contribution in [3.8, 4) is 0 Å². The van der Waals surface area contributed by atoms with Crippen molar-refractivity contribution in [1.82, 2.24) is 9.55 Å². The zero-order chi connectivity index (χ0) is 17.8. The summed E-state index contributed by atoms with van der Waals surface area (Å²) in [5.41, 5.74) is 0.994. The van der Waals surface area contributed by atoms with Crippen LogP contribution in [0.2, 0.25) is 5.02 Å². The van der Waals surface area contributed by atoms with E-state index in [9.17, 15) is 9.59 Å². The Morgan fingerprint density at radius 3 is 2.72 bits per heavy atom. The van der Waals surface area contributed by atoms with Gasteiger partial charge in [-0.3, -0.25) is 14.2 Å². The van der Waals surface area contributed by atoms with E-state index in [1.54, 1.807) is 29.2 Å². The molecule has 25 heavy (non-hydrogen) atoms. The summed E-state index contributed by atoms with van der Waals surface area (Å²) in [7, 11) is 0. The predicted molar refractivity (Wildman–Crippen MR) is 100 cm³/mol. The lowest BCUT2D eigenvalue weighted by Gasteiger charge is -2.21. The summed E-state index contributed by atoms with van der Waals surface area (Å²) in [5.74, 6) is -0.226. The molecular formula is C19H16ClN3O2. The first kappa shape index (κ1) is 16.9. The number of nitrogens with zero attached hydrogens (tertiary/aromatic N) is 3. The van der Waals surface area contributed by atoms with Crippen LogP contribution >= 0.6 is 11.6 Å². The van der Waals surface area contributed by atoms with Gasteiger partial charge in [-0.05, 0) is 30.3 Å². The minimum Gasteiger partial charge on any atom is -0.307 e. The van der Waals surface area contributed by atoms with Crippen molar-refractivity contribution < 1.29 is 4.79 Å². The van der Waals surface area contributed by atoms with Gasteiger partial charge in [0.2, 0.25) is 5.91 Å². The lowest BCUT2D eigenvalue weighted by molar-refractivity contribution is -0.119. The summed E-state index contributed by atoms with van der Waals surface area (Å²) < 4.78 is 1.29. The van der Waals surface area contributed by atoms with Crippen LogP contribution in [0.3, 0.4) is 0 Å². The number of hydrogen-bond donors (Lipinski definition) is 0. The molecule has 0 aliphatic heterocycles. The molecule has 126 valence electrons. The molecule has 1 amide bonds. The Morgan fingerprint density at radius 2 is 2.00 bits per heavy atom. The first-order valence-corrected chi connectivity index (χ1v) is 8.09. The molecule has 0 bridgehead atoms. The number of carbonyl (C=O) groups is 1. The van der Waals surface area contributed by atoms with E-state index >= 15 is 0 Å². The molecule has 0 unspecified atom stereocenters. The number of aromatic nitrogens is 2. The summed E-state index contributed by atoms with van der Waals surface area (Å²) >= 11 is 5.96. The topological polar surface area (TPSA) is 55.2 Å². The van der Waals surface area contributed by atoms with Crippen molar-refractivity contribution in [1.29, 1.82) is 0 Å². The largest absolute Gasteiger partial charge is 0.307 e. The number of para-hydroxylation sites is 1. The molecule has 6 heteroatoms. The highest BCUT2D eigenvalue weighted by atomic mass is 35.5. The molecule has 0 spiro atoms. The maximum atomic E-state index is 12.7. The van der Waals surface area contributed by atoms with Gasteiger partial charge >= 0.3 is 0 Å². The van der Waals surface area contributed by atoms with Crippen molar-refractivity contribution in [2.24, 2.45) is 0 Å². The second-order valence-electron chi connectivity index (χ2n) is 5.47. The van der Waals surface area contributed by atoms with E-state index in [0.29, 0.717) is 22.5 Å². The number of anilines is 1. The van der Waals surface area contributed by atoms with Crippen LogP contribution in [0, 0.1) is 0 Å². The Kier molecular flexibility index (Phi) is 4.95. The molecule has 0 fully saturated rings. The molecule has 0 aliphatic rings. The Hall–Kier alpha value is -2.92. The predicted octanol–water partition coefficient (Wildman–Crippen LogP) is 3.27. The first-order valence-electron chi connectivity index (χ1n) is 7.71. The molecular weight excluding hydrogens is 338 g/mol. The molecule has 0 saturated heterocycles. The summed E-state index contributed by atoms with van der Waals surface area (Å²) in [4.78, 5) is 31.1. The number of benzene rings is 2. The molecule has 3 aromatic rings. The van der Waals surface area contributed by atoms with Crippen molar-refractivity contribution >= 4 is 34.1 Å². The van der Waals surface area contributed by atoms with Crippen molar-refractivity contribution in [3.63, 3.8) is 0 Å². The number of fused-ring (bicyclic) bond motifs is 1. The standard InChI is InChI=1S/C19H16ClN3O2/c1-2-10-23(15-6-4-3-5-7-15)18(24)12-22-13-21-17-9-8-14(20)11-16(17)19(22)25/h2-9,11,13H,1,10,12H2. The first-order chi connectivity index (χ1) is 12.1. The highest BCUT2D eigenvalue weighted by Gasteiger charge is 2.16. The van der Waals surface area contributed by atoms with Crippen molar-refractivity contribution in [3.05, 3.63) is 82.9 Å². The second kappa shape index (κ2) is 7.32. The molecule has 0 aliphatic carbocycles. The molecule has 0 N–H and O–H groups in total. The monoisotopic (exact) mass is 353 g/mol. The van der Waals surface area contributed by atoms with E-state index in [2.05, 4.69) is 11.6 Å². The maximum absolute atomic E-state index is 12.7. The SMILES string of the molecule is C=CCN(C(=O)Cn1cnc2ccc(Cl)cc2c1=O)c1ccccc1. The van der Waals surface area contributed by atoms with E-state index in [-0.39, 0.29) is 18.0 Å². The molecule has 0 radical (unpaired) electrons. The quantitative estimate of drug-likeness (QED) is 0.661. The Balaban J connectivity index is 1.94. The minimum absolute atomic E-state index is 0.114. The Bertz CT molecular complexity index is 983. The third-order valence-corrected chi connectivity index (χ3v) is 4.01. The van der Waals surface area contributed by atoms with Gasteiger partial charge in [-0.2, -0.15) is 0 Å². The molecule has 5 nitrogen and oxygen atoms in total. The van der Waals surface area contributed by atoms with E-state index in [1.165, 1.54) is 10.9 Å². The van der Waals surface area contributed by atoms with Crippen LogP contribution in [-0.2, 0) is 11.3 Å². The molecule has 2 aromatic carbocycles. The van der Waals surface area contributed by atoms with Gasteiger partial charge in [0.25, 0.3) is 5.56 Å². The van der Waals surface area contributed by atoms with Gasteiger partial charge in [0, 0.05) is 17.3 Å². The molecule has 1 aromatic heterocycles. The number of amides is 1. The smallest absolute Gasteiger partial charge is 0.261 e. The third-order valence-electron chi connectivity index (χ3n) is 3.77. The minimum atomic E-state index is -0.299. The third kappa shape index (κ3) is 3.61. The summed E-state index contributed by atoms with van der Waals surface area (Å²) in [5, 5.41) is 0.839. The average Bonchev–Trinajstić information content (AvgIpc) is 2.63. The fraction of sp³-hybridized carbons (Fsp3) is 0.105. The molecule has 1 heterocycles. The fourth-order valence-corrected chi connectivity index (χ4v) is 2.74. The van der Waals surface area contributed by atoms with E-state index in [0.717, 1.165) is 5.69 Å². The summed E-state index contributed by atoms with van der Waals surface area (Å²) in [6.45, 7) is 3.93. The molecule has 0 saturated carbocycles. The highest BCUT2D eigenvalue weighted by molar-refractivity contribution is 6.31. The lowest BCUT2D eigenvalue weighted by atomic mass is 10.2. The Morgan fingerprint density at radius 1 is 1.24 bits per heavy atom.